The van der Waals surface area contributed by atoms with Crippen molar-refractivity contribution in [1.82, 2.24) is 19.4 Å². The number of rotatable bonds is 5. The van der Waals surface area contributed by atoms with Crippen LogP contribution >= 0.6 is 34.5 Å². The Morgan fingerprint density at radius 2 is 1.72 bits per heavy atom. The van der Waals surface area contributed by atoms with Crippen molar-refractivity contribution in [2.45, 2.75) is 4.90 Å². The Hall–Kier alpha value is -2.08. The van der Waals surface area contributed by atoms with Gasteiger partial charge in [0.2, 0.25) is 15.2 Å². The molecule has 0 spiro atoms. The van der Waals surface area contributed by atoms with Crippen LogP contribution in [0.2, 0.25) is 10.0 Å². The number of benzene rings is 2. The van der Waals surface area contributed by atoms with Gasteiger partial charge in [0.15, 0.2) is 0 Å². The topological polar surface area (TPSA) is 95.5 Å². The van der Waals surface area contributed by atoms with E-state index in [4.69, 9.17) is 23.2 Å². The van der Waals surface area contributed by atoms with Crippen LogP contribution in [0.25, 0.3) is 10.6 Å². The number of anilines is 1. The van der Waals surface area contributed by atoms with E-state index in [-0.39, 0.29) is 15.5 Å². The molecule has 1 fully saturated rings. The normalized spacial score (nSPS) is 15.6. The van der Waals surface area contributed by atoms with Crippen molar-refractivity contribution < 1.29 is 13.2 Å². The molecule has 168 valence electrons. The second-order valence-corrected chi connectivity index (χ2v) is 11.0. The van der Waals surface area contributed by atoms with Gasteiger partial charge in [-0.25, -0.2) is 8.42 Å². The summed E-state index contributed by atoms with van der Waals surface area (Å²) in [6.45, 7) is 1.99. The fourth-order valence-electron chi connectivity index (χ4n) is 3.16. The van der Waals surface area contributed by atoms with E-state index in [0.29, 0.717) is 41.3 Å². The lowest BCUT2D eigenvalue weighted by Gasteiger charge is -2.31. The standard InChI is InChI=1S/C20H19Cl2N5O3S2/c1-26-8-10-27(11-9-26)32(29,30)17-12-14(4-7-16(17)22)18(28)23-20-25-24-19(31-20)13-2-5-15(21)6-3-13/h2-7,12H,8-11H2,1H3,(H,23,25,28). The van der Waals surface area contributed by atoms with Gasteiger partial charge in [-0.15, -0.1) is 10.2 Å². The van der Waals surface area contributed by atoms with Gasteiger partial charge in [-0.2, -0.15) is 4.31 Å². The van der Waals surface area contributed by atoms with Gasteiger partial charge in [0.25, 0.3) is 5.91 Å². The van der Waals surface area contributed by atoms with Crippen LogP contribution in [-0.4, -0.2) is 67.0 Å². The van der Waals surface area contributed by atoms with Crippen LogP contribution in [0, 0.1) is 0 Å². The van der Waals surface area contributed by atoms with E-state index in [1.54, 1.807) is 12.1 Å². The Labute approximate surface area is 199 Å². The second kappa shape index (κ2) is 9.42. The lowest BCUT2D eigenvalue weighted by molar-refractivity contribution is 0.102. The number of sulfonamides is 1. The molecule has 4 rings (SSSR count). The zero-order valence-corrected chi connectivity index (χ0v) is 20.1. The molecule has 1 aliphatic heterocycles. The largest absolute Gasteiger partial charge is 0.304 e. The minimum atomic E-state index is -3.82. The molecule has 1 aliphatic rings. The minimum absolute atomic E-state index is 0.0708. The van der Waals surface area contributed by atoms with Crippen LogP contribution in [0.5, 0.6) is 0 Å². The number of carbonyl (C=O) groups is 1. The van der Waals surface area contributed by atoms with Gasteiger partial charge in [0, 0.05) is 42.3 Å². The highest BCUT2D eigenvalue weighted by Crippen LogP contribution is 2.29. The maximum absolute atomic E-state index is 13.1. The molecule has 8 nitrogen and oxygen atoms in total. The van der Waals surface area contributed by atoms with Gasteiger partial charge in [-0.3, -0.25) is 10.1 Å². The first-order chi connectivity index (χ1) is 15.2. The molecule has 1 saturated heterocycles. The summed E-state index contributed by atoms with van der Waals surface area (Å²) in [5, 5.41) is 12.3. The van der Waals surface area contributed by atoms with Gasteiger partial charge < -0.3 is 4.90 Å². The summed E-state index contributed by atoms with van der Waals surface area (Å²) in [7, 11) is -1.88. The summed E-state index contributed by atoms with van der Waals surface area (Å²) < 4.78 is 27.6. The van der Waals surface area contributed by atoms with E-state index in [1.807, 2.05) is 19.2 Å². The number of amides is 1. The van der Waals surface area contributed by atoms with E-state index < -0.39 is 15.9 Å². The summed E-state index contributed by atoms with van der Waals surface area (Å²) in [6, 6.07) is 11.3. The maximum Gasteiger partial charge on any atom is 0.257 e. The smallest absolute Gasteiger partial charge is 0.257 e. The van der Waals surface area contributed by atoms with Gasteiger partial charge in [-0.1, -0.05) is 46.7 Å². The number of likely N-dealkylation sites (N-methyl/N-ethyl adjacent to an activating group) is 1. The number of hydrogen-bond acceptors (Lipinski definition) is 7. The molecule has 32 heavy (non-hydrogen) atoms. The zero-order valence-electron chi connectivity index (χ0n) is 17.0. The lowest BCUT2D eigenvalue weighted by atomic mass is 10.2. The van der Waals surface area contributed by atoms with Crippen LogP contribution in [-0.2, 0) is 10.0 Å². The van der Waals surface area contributed by atoms with Gasteiger partial charge in [0.1, 0.15) is 9.90 Å². The number of halogens is 2. The zero-order chi connectivity index (χ0) is 22.9. The Balaban J connectivity index is 1.53. The molecule has 1 amide bonds. The average molecular weight is 512 g/mol. The lowest BCUT2D eigenvalue weighted by Crippen LogP contribution is -2.47. The minimum Gasteiger partial charge on any atom is -0.304 e. The number of hydrogen-bond donors (Lipinski definition) is 1. The van der Waals surface area contributed by atoms with Crippen molar-refractivity contribution in [3.8, 4) is 10.6 Å². The molecule has 1 aromatic heterocycles. The third kappa shape index (κ3) is 4.95. The Morgan fingerprint density at radius 1 is 1.03 bits per heavy atom. The Kier molecular flexibility index (Phi) is 6.80. The summed E-state index contributed by atoms with van der Waals surface area (Å²) >= 11 is 13.3. The predicted molar refractivity (Wildman–Crippen MR) is 126 cm³/mol. The summed E-state index contributed by atoms with van der Waals surface area (Å²) in [5.74, 6) is -0.504. The molecule has 12 heteroatoms. The first-order valence-electron chi connectivity index (χ1n) is 9.63. The molecule has 0 saturated carbocycles. The summed E-state index contributed by atoms with van der Waals surface area (Å²) in [6.07, 6.45) is 0. The van der Waals surface area contributed by atoms with Crippen molar-refractivity contribution in [1.29, 1.82) is 0 Å². The maximum atomic E-state index is 13.1. The van der Waals surface area contributed by atoms with Gasteiger partial charge in [-0.05, 0) is 37.4 Å². The number of nitrogens with zero attached hydrogens (tertiary/aromatic N) is 4. The van der Waals surface area contributed by atoms with Crippen molar-refractivity contribution in [2.75, 3.05) is 38.5 Å². The fraction of sp³-hybridized carbons (Fsp3) is 0.250. The Bertz CT molecular complexity index is 1240. The molecule has 0 aliphatic carbocycles. The first-order valence-corrected chi connectivity index (χ1v) is 12.6. The third-order valence-electron chi connectivity index (χ3n) is 5.01. The highest BCUT2D eigenvalue weighted by atomic mass is 35.5. The second-order valence-electron chi connectivity index (χ2n) is 7.23. The molecule has 0 bridgehead atoms. The molecule has 0 unspecified atom stereocenters. The predicted octanol–water partition coefficient (Wildman–Crippen LogP) is 3.70. The average Bonchev–Trinajstić information content (AvgIpc) is 3.23. The summed E-state index contributed by atoms with van der Waals surface area (Å²) in [4.78, 5) is 14.7. The molecule has 2 aromatic carbocycles. The first kappa shape index (κ1) is 23.1. The Morgan fingerprint density at radius 3 is 2.41 bits per heavy atom. The van der Waals surface area contributed by atoms with Crippen LogP contribution in [0.1, 0.15) is 10.4 Å². The molecule has 2 heterocycles. The highest BCUT2D eigenvalue weighted by molar-refractivity contribution is 7.89. The molecule has 0 radical (unpaired) electrons. The van der Waals surface area contributed by atoms with Gasteiger partial charge in [0.05, 0.1) is 5.02 Å². The number of carbonyl (C=O) groups excluding carboxylic acids is 1. The fourth-order valence-corrected chi connectivity index (χ4v) is 5.95. The molecule has 0 atom stereocenters. The van der Waals surface area contributed by atoms with E-state index in [2.05, 4.69) is 20.4 Å². The van der Waals surface area contributed by atoms with Crippen LogP contribution < -0.4 is 5.32 Å². The number of piperazine rings is 1. The quantitative estimate of drug-likeness (QED) is 0.560. The van der Waals surface area contributed by atoms with Crippen molar-refractivity contribution >= 4 is 55.6 Å². The van der Waals surface area contributed by atoms with Crippen molar-refractivity contribution in [3.05, 3.63) is 58.1 Å². The van der Waals surface area contributed by atoms with E-state index in [1.165, 1.54) is 33.8 Å². The molecule has 1 N–H and O–H groups in total. The number of aromatic nitrogens is 2. The molecular weight excluding hydrogens is 493 g/mol. The highest BCUT2D eigenvalue weighted by Gasteiger charge is 2.30. The van der Waals surface area contributed by atoms with Crippen LogP contribution in [0.4, 0.5) is 5.13 Å². The van der Waals surface area contributed by atoms with Crippen molar-refractivity contribution in [2.24, 2.45) is 0 Å². The van der Waals surface area contributed by atoms with E-state index in [0.717, 1.165) is 5.56 Å². The van der Waals surface area contributed by atoms with Crippen molar-refractivity contribution in [3.63, 3.8) is 0 Å². The van der Waals surface area contributed by atoms with E-state index >= 15 is 0 Å². The van der Waals surface area contributed by atoms with Crippen LogP contribution in [0.15, 0.2) is 47.4 Å². The third-order valence-corrected chi connectivity index (χ3v) is 8.53. The number of nitrogens with one attached hydrogen (secondary N) is 1. The molecule has 3 aromatic rings. The monoisotopic (exact) mass is 511 g/mol. The van der Waals surface area contributed by atoms with Crippen LogP contribution in [0.3, 0.4) is 0 Å². The SMILES string of the molecule is CN1CCN(S(=O)(=O)c2cc(C(=O)Nc3nnc(-c4ccc(Cl)cc4)s3)ccc2Cl)CC1. The van der Waals surface area contributed by atoms with Gasteiger partial charge >= 0.3 is 0 Å². The van der Waals surface area contributed by atoms with E-state index in [9.17, 15) is 13.2 Å². The summed E-state index contributed by atoms with van der Waals surface area (Å²) in [5.41, 5.74) is 0.977. The molecular formula is C20H19Cl2N5O3S2.